The molecule has 1 aliphatic carbocycles. The summed E-state index contributed by atoms with van der Waals surface area (Å²) in [5.41, 5.74) is 0.635. The van der Waals surface area contributed by atoms with E-state index in [2.05, 4.69) is 0 Å². The van der Waals surface area contributed by atoms with E-state index in [9.17, 15) is 23.9 Å². The van der Waals surface area contributed by atoms with Crippen molar-refractivity contribution in [2.75, 3.05) is 33.2 Å². The molecule has 2 heterocycles. The van der Waals surface area contributed by atoms with Gasteiger partial charge < -0.3 is 19.8 Å². The Morgan fingerprint density at radius 3 is 2.23 bits per heavy atom. The molecule has 1 aromatic carbocycles. The standard InChI is InChI=1S/C23H30FN3O4/c1-23(9-10-23)21(29)26-11-7-16(8-12-26)20(28)27-13-18(15-3-5-17(24)6-4-15)19(14-27)25(2)22(30)31/h3-6,16,18-19H,7-14H2,1-2H3,(H,30,31)/t18-,19+/m1/s1. The van der Waals surface area contributed by atoms with Crippen LogP contribution in [0.3, 0.4) is 0 Å². The zero-order chi connectivity index (χ0) is 22.3. The summed E-state index contributed by atoms with van der Waals surface area (Å²) in [6.45, 7) is 3.92. The highest BCUT2D eigenvalue weighted by Crippen LogP contribution is 2.47. The zero-order valence-corrected chi connectivity index (χ0v) is 18.1. The molecule has 0 bridgehead atoms. The van der Waals surface area contributed by atoms with Crippen LogP contribution in [-0.2, 0) is 9.59 Å². The molecule has 4 rings (SSSR count). The molecule has 31 heavy (non-hydrogen) atoms. The molecule has 8 heteroatoms. The van der Waals surface area contributed by atoms with Crippen LogP contribution >= 0.6 is 0 Å². The van der Waals surface area contributed by atoms with Crippen LogP contribution < -0.4 is 0 Å². The number of halogens is 1. The van der Waals surface area contributed by atoms with Crippen molar-refractivity contribution in [1.82, 2.24) is 14.7 Å². The smallest absolute Gasteiger partial charge is 0.407 e. The van der Waals surface area contributed by atoms with Crippen LogP contribution in [0.15, 0.2) is 24.3 Å². The molecule has 3 aliphatic rings. The summed E-state index contributed by atoms with van der Waals surface area (Å²) in [5, 5.41) is 9.50. The number of rotatable bonds is 4. The second-order valence-corrected chi connectivity index (χ2v) is 9.49. The van der Waals surface area contributed by atoms with Crippen molar-refractivity contribution in [2.24, 2.45) is 11.3 Å². The number of carbonyl (C=O) groups excluding carboxylic acids is 2. The first-order valence-corrected chi connectivity index (χ1v) is 11.0. The van der Waals surface area contributed by atoms with Crippen LogP contribution in [0.5, 0.6) is 0 Å². The SMILES string of the molecule is CN(C(=O)O)[C@H]1CN(C(=O)C2CCN(C(=O)C3(C)CC3)CC2)C[C@@H]1c1ccc(F)cc1. The molecule has 168 valence electrons. The van der Waals surface area contributed by atoms with Crippen molar-refractivity contribution < 1.29 is 23.9 Å². The first kappa shape index (κ1) is 21.6. The van der Waals surface area contributed by atoms with Crippen LogP contribution in [-0.4, -0.2) is 77.0 Å². The predicted molar refractivity (Wildman–Crippen MR) is 112 cm³/mol. The van der Waals surface area contributed by atoms with Gasteiger partial charge in [-0.3, -0.25) is 9.59 Å². The third-order valence-corrected chi connectivity index (χ3v) is 7.35. The second kappa shape index (κ2) is 8.13. The molecular weight excluding hydrogens is 401 g/mol. The number of carbonyl (C=O) groups is 3. The molecule has 1 N–H and O–H groups in total. The molecule has 1 aromatic rings. The fourth-order valence-corrected chi connectivity index (χ4v) is 4.91. The number of likely N-dealkylation sites (N-methyl/N-ethyl adjacent to an activating group) is 1. The van der Waals surface area contributed by atoms with Crippen LogP contribution in [0, 0.1) is 17.2 Å². The van der Waals surface area contributed by atoms with E-state index in [-0.39, 0.29) is 40.9 Å². The maximum absolute atomic E-state index is 13.4. The largest absolute Gasteiger partial charge is 0.465 e. The van der Waals surface area contributed by atoms with Crippen molar-refractivity contribution >= 4 is 17.9 Å². The lowest BCUT2D eigenvalue weighted by molar-refractivity contribution is -0.142. The van der Waals surface area contributed by atoms with Crippen LogP contribution in [0.2, 0.25) is 0 Å². The van der Waals surface area contributed by atoms with Gasteiger partial charge in [0.15, 0.2) is 0 Å². The Morgan fingerprint density at radius 1 is 1.06 bits per heavy atom. The Kier molecular flexibility index (Phi) is 5.66. The lowest BCUT2D eigenvalue weighted by Gasteiger charge is -2.34. The maximum atomic E-state index is 13.4. The molecule has 3 fully saturated rings. The molecule has 2 saturated heterocycles. The number of amides is 3. The average molecular weight is 432 g/mol. The third-order valence-electron chi connectivity index (χ3n) is 7.35. The highest BCUT2D eigenvalue weighted by atomic mass is 19.1. The number of nitrogens with zero attached hydrogens (tertiary/aromatic N) is 3. The van der Waals surface area contributed by atoms with E-state index < -0.39 is 6.09 Å². The molecule has 3 amide bonds. The summed E-state index contributed by atoms with van der Waals surface area (Å²) < 4.78 is 13.4. The summed E-state index contributed by atoms with van der Waals surface area (Å²) in [6, 6.07) is 5.68. The van der Waals surface area contributed by atoms with Gasteiger partial charge in [0.25, 0.3) is 0 Å². The number of carboxylic acid groups (broad SMARTS) is 1. The summed E-state index contributed by atoms with van der Waals surface area (Å²) in [4.78, 5) is 42.3. The van der Waals surface area contributed by atoms with E-state index in [0.29, 0.717) is 39.0 Å². The van der Waals surface area contributed by atoms with Gasteiger partial charge in [0.05, 0.1) is 6.04 Å². The van der Waals surface area contributed by atoms with Crippen molar-refractivity contribution in [3.05, 3.63) is 35.6 Å². The number of hydrogen-bond donors (Lipinski definition) is 1. The van der Waals surface area contributed by atoms with Gasteiger partial charge in [0.2, 0.25) is 11.8 Å². The maximum Gasteiger partial charge on any atom is 0.407 e. The quantitative estimate of drug-likeness (QED) is 0.795. The fourth-order valence-electron chi connectivity index (χ4n) is 4.91. The van der Waals surface area contributed by atoms with E-state index in [1.165, 1.54) is 24.1 Å². The van der Waals surface area contributed by atoms with Gasteiger partial charge in [-0.25, -0.2) is 9.18 Å². The van der Waals surface area contributed by atoms with E-state index in [1.807, 2.05) is 11.8 Å². The lowest BCUT2D eigenvalue weighted by atomic mass is 9.93. The lowest BCUT2D eigenvalue weighted by Crippen LogP contribution is -2.46. The van der Waals surface area contributed by atoms with E-state index in [0.717, 1.165) is 18.4 Å². The number of hydrogen-bond acceptors (Lipinski definition) is 3. The predicted octanol–water partition coefficient (Wildman–Crippen LogP) is 2.77. The molecule has 0 radical (unpaired) electrons. The molecule has 2 atom stereocenters. The highest BCUT2D eigenvalue weighted by Gasteiger charge is 2.48. The van der Waals surface area contributed by atoms with Gasteiger partial charge in [-0.05, 0) is 43.4 Å². The first-order valence-electron chi connectivity index (χ1n) is 11.0. The fraction of sp³-hybridized carbons (Fsp3) is 0.609. The van der Waals surface area contributed by atoms with E-state index in [1.54, 1.807) is 17.0 Å². The van der Waals surface area contributed by atoms with E-state index in [4.69, 9.17) is 0 Å². The van der Waals surface area contributed by atoms with Gasteiger partial charge in [-0.15, -0.1) is 0 Å². The van der Waals surface area contributed by atoms with Crippen molar-refractivity contribution in [3.8, 4) is 0 Å². The van der Waals surface area contributed by atoms with Crippen molar-refractivity contribution in [2.45, 2.75) is 44.6 Å². The van der Waals surface area contributed by atoms with Crippen molar-refractivity contribution in [3.63, 3.8) is 0 Å². The second-order valence-electron chi connectivity index (χ2n) is 9.49. The Balaban J connectivity index is 1.43. The first-order chi connectivity index (χ1) is 14.7. The summed E-state index contributed by atoms with van der Waals surface area (Å²) in [7, 11) is 1.51. The Bertz CT molecular complexity index is 862. The van der Waals surface area contributed by atoms with Crippen LogP contribution in [0.1, 0.15) is 44.1 Å². The van der Waals surface area contributed by atoms with Crippen LogP contribution in [0.4, 0.5) is 9.18 Å². The average Bonchev–Trinajstić information content (AvgIpc) is 3.37. The molecular formula is C23H30FN3O4. The van der Waals surface area contributed by atoms with Gasteiger partial charge >= 0.3 is 6.09 Å². The minimum atomic E-state index is -1.05. The summed E-state index contributed by atoms with van der Waals surface area (Å²) in [5.74, 6) is -0.475. The topological polar surface area (TPSA) is 81.2 Å². The molecule has 7 nitrogen and oxygen atoms in total. The molecule has 0 aromatic heterocycles. The van der Waals surface area contributed by atoms with Crippen LogP contribution in [0.25, 0.3) is 0 Å². The summed E-state index contributed by atoms with van der Waals surface area (Å²) >= 11 is 0. The molecule has 0 unspecified atom stereocenters. The van der Waals surface area contributed by atoms with Gasteiger partial charge in [0.1, 0.15) is 5.82 Å². The van der Waals surface area contributed by atoms with Gasteiger partial charge in [-0.1, -0.05) is 19.1 Å². The summed E-state index contributed by atoms with van der Waals surface area (Å²) in [6.07, 6.45) is 2.12. The van der Waals surface area contributed by atoms with Gasteiger partial charge in [-0.2, -0.15) is 0 Å². The number of piperidine rings is 1. The molecule has 0 spiro atoms. The highest BCUT2D eigenvalue weighted by molar-refractivity contribution is 5.85. The Labute approximate surface area is 181 Å². The molecule has 1 saturated carbocycles. The van der Waals surface area contributed by atoms with E-state index >= 15 is 0 Å². The van der Waals surface area contributed by atoms with Crippen molar-refractivity contribution in [1.29, 1.82) is 0 Å². The zero-order valence-electron chi connectivity index (χ0n) is 18.1. The Morgan fingerprint density at radius 2 is 1.68 bits per heavy atom. The normalized spacial score (nSPS) is 25.4. The molecule has 2 aliphatic heterocycles. The number of benzene rings is 1. The monoisotopic (exact) mass is 431 g/mol. The minimum Gasteiger partial charge on any atom is -0.465 e. The Hall–Kier alpha value is -2.64. The third kappa shape index (κ3) is 4.25. The van der Waals surface area contributed by atoms with Gasteiger partial charge in [0, 0.05) is 50.5 Å². The number of likely N-dealkylation sites (tertiary alicyclic amines) is 2. The minimum absolute atomic E-state index is 0.0260.